The number of allylic oxidation sites excluding steroid dienone is 4. The first-order valence-electron chi connectivity index (χ1n) is 14.0. The maximum absolute atomic E-state index is 13.9. The summed E-state index contributed by atoms with van der Waals surface area (Å²) < 4.78 is 0. The first kappa shape index (κ1) is 23.4. The molecule has 7 heteroatoms. The van der Waals surface area contributed by atoms with Crippen molar-refractivity contribution in [2.45, 2.75) is 17.8 Å². The van der Waals surface area contributed by atoms with Gasteiger partial charge in [-0.05, 0) is 35.1 Å². The second kappa shape index (κ2) is 7.47. The van der Waals surface area contributed by atoms with Crippen LogP contribution in [0, 0.1) is 17.8 Å². The molecule has 0 bridgehead atoms. The molecule has 3 fully saturated rings. The average molecular weight is 557 g/mol. The summed E-state index contributed by atoms with van der Waals surface area (Å²) in [6.07, 6.45) is 7.49. The van der Waals surface area contributed by atoms with Crippen LogP contribution in [0.2, 0.25) is 0 Å². The average Bonchev–Trinajstić information content (AvgIpc) is 3.36. The molecular formula is C34H24N2O4S. The highest BCUT2D eigenvalue weighted by Gasteiger charge is 2.72. The van der Waals surface area contributed by atoms with Gasteiger partial charge in [0.05, 0.1) is 15.2 Å². The van der Waals surface area contributed by atoms with Crippen molar-refractivity contribution in [3.8, 4) is 0 Å². The number of rotatable bonds is 2. The van der Waals surface area contributed by atoms with Gasteiger partial charge in [-0.1, -0.05) is 67.6 Å². The Hall–Kier alpha value is -4.36. The molecule has 3 aromatic rings. The summed E-state index contributed by atoms with van der Waals surface area (Å²) in [6.45, 7) is 3.25. The van der Waals surface area contributed by atoms with Gasteiger partial charge in [-0.3, -0.25) is 19.2 Å². The highest BCUT2D eigenvalue weighted by Crippen LogP contribution is 2.70. The SMILES string of the molecule is C[C@@H]1[C@@H]2CN(C(=O)c3ccc(C(=O)N4C[C@H]5C=C[C@@]56C4=CC(=O)c4ccccc46)s3)C3=CC(=O)c4ccccc4[C@@]312. The molecule has 2 aromatic carbocycles. The monoisotopic (exact) mass is 556 g/mol. The highest BCUT2D eigenvalue weighted by molar-refractivity contribution is 7.16. The van der Waals surface area contributed by atoms with Gasteiger partial charge in [-0.25, -0.2) is 0 Å². The predicted octanol–water partition coefficient (Wildman–Crippen LogP) is 5.15. The van der Waals surface area contributed by atoms with Gasteiger partial charge in [0.2, 0.25) is 0 Å². The molecule has 0 unspecified atom stereocenters. The quantitative estimate of drug-likeness (QED) is 0.410. The Morgan fingerprint density at radius 3 is 2.02 bits per heavy atom. The van der Waals surface area contributed by atoms with Gasteiger partial charge in [0.1, 0.15) is 0 Å². The second-order valence-corrected chi connectivity index (χ2v) is 13.1. The Kier molecular flexibility index (Phi) is 4.26. The smallest absolute Gasteiger partial charge is 0.268 e. The molecule has 200 valence electrons. The van der Waals surface area contributed by atoms with Crippen molar-refractivity contribution >= 4 is 34.7 Å². The van der Waals surface area contributed by atoms with E-state index in [1.54, 1.807) is 34.1 Å². The van der Waals surface area contributed by atoms with E-state index in [9.17, 15) is 19.2 Å². The Morgan fingerprint density at radius 2 is 1.37 bits per heavy atom. The van der Waals surface area contributed by atoms with Crippen molar-refractivity contribution in [3.05, 3.63) is 128 Å². The van der Waals surface area contributed by atoms with Crippen LogP contribution in [0.4, 0.5) is 0 Å². The van der Waals surface area contributed by atoms with Gasteiger partial charge in [0.25, 0.3) is 11.8 Å². The molecular weight excluding hydrogens is 532 g/mol. The predicted molar refractivity (Wildman–Crippen MR) is 153 cm³/mol. The van der Waals surface area contributed by atoms with Crippen molar-refractivity contribution in [3.63, 3.8) is 0 Å². The molecule has 41 heavy (non-hydrogen) atoms. The number of nitrogens with zero attached hydrogens (tertiary/aromatic N) is 2. The largest absolute Gasteiger partial charge is 0.310 e. The van der Waals surface area contributed by atoms with Crippen LogP contribution in [0.3, 0.4) is 0 Å². The molecule has 2 spiro atoms. The molecule has 0 N–H and O–H groups in total. The molecule has 0 radical (unpaired) electrons. The number of carbonyl (C=O) groups excluding carboxylic acids is 4. The lowest BCUT2D eigenvalue weighted by molar-refractivity contribution is 0.0807. The fourth-order valence-corrected chi connectivity index (χ4v) is 9.37. The van der Waals surface area contributed by atoms with E-state index < -0.39 is 5.41 Å². The van der Waals surface area contributed by atoms with E-state index in [0.29, 0.717) is 34.3 Å². The Labute approximate surface area is 240 Å². The van der Waals surface area contributed by atoms with Gasteiger partial charge in [0, 0.05) is 59.1 Å². The highest BCUT2D eigenvalue weighted by atomic mass is 32.1. The van der Waals surface area contributed by atoms with Crippen LogP contribution in [-0.2, 0) is 10.8 Å². The summed E-state index contributed by atoms with van der Waals surface area (Å²) in [5.41, 5.74) is 4.18. The number of likely N-dealkylation sites (tertiary alicyclic amines) is 2. The normalized spacial score (nSPS) is 31.2. The first-order chi connectivity index (χ1) is 19.9. The van der Waals surface area contributed by atoms with E-state index in [4.69, 9.17) is 0 Å². The van der Waals surface area contributed by atoms with Crippen molar-refractivity contribution in [1.29, 1.82) is 0 Å². The van der Waals surface area contributed by atoms with Gasteiger partial charge >= 0.3 is 0 Å². The standard InChI is InChI=1S/C34H24N2O4S/c1-18-24-17-36(30-15-26(38)21-7-3-5-9-23(21)34(18,24)30)32(40)28-11-10-27(41-28)31(39)35-16-19-12-13-33(19)22-8-4-2-6-20(22)25(37)14-29(33)35/h2-15,18-19,24H,16-17H2,1H3/t18-,19-,24+,33-,34+/m1/s1. The lowest BCUT2D eigenvalue weighted by Gasteiger charge is -2.41. The number of fused-ring (bicyclic) bond motifs is 2. The lowest BCUT2D eigenvalue weighted by Crippen LogP contribution is -2.41. The molecule has 1 saturated carbocycles. The number of thiophene rings is 1. The summed E-state index contributed by atoms with van der Waals surface area (Å²) >= 11 is 1.18. The lowest BCUT2D eigenvalue weighted by atomic mass is 9.60. The van der Waals surface area contributed by atoms with E-state index >= 15 is 0 Å². The third-order valence-electron chi connectivity index (χ3n) is 10.5. The second-order valence-electron chi connectivity index (χ2n) is 12.0. The molecule has 2 saturated heterocycles. The number of hydrogen-bond acceptors (Lipinski definition) is 5. The van der Waals surface area contributed by atoms with Crippen molar-refractivity contribution in [1.82, 2.24) is 9.80 Å². The Bertz CT molecular complexity index is 1900. The summed E-state index contributed by atoms with van der Waals surface area (Å²) in [4.78, 5) is 58.2. The van der Waals surface area contributed by atoms with Gasteiger partial charge < -0.3 is 9.80 Å². The van der Waals surface area contributed by atoms with Crippen LogP contribution in [0.5, 0.6) is 0 Å². The van der Waals surface area contributed by atoms with Crippen molar-refractivity contribution in [2.75, 3.05) is 13.1 Å². The fourth-order valence-electron chi connectivity index (χ4n) is 8.46. The van der Waals surface area contributed by atoms with Crippen molar-refractivity contribution < 1.29 is 19.2 Å². The number of carbonyl (C=O) groups is 4. The van der Waals surface area contributed by atoms with Gasteiger partial charge in [-0.2, -0.15) is 0 Å². The maximum Gasteiger partial charge on any atom is 0.268 e. The molecule has 5 atom stereocenters. The first-order valence-corrected chi connectivity index (χ1v) is 14.8. The van der Waals surface area contributed by atoms with E-state index in [2.05, 4.69) is 19.1 Å². The molecule has 3 heterocycles. The van der Waals surface area contributed by atoms with Crippen molar-refractivity contribution in [2.24, 2.45) is 17.8 Å². The van der Waals surface area contributed by atoms with Gasteiger partial charge in [0.15, 0.2) is 11.6 Å². The summed E-state index contributed by atoms with van der Waals surface area (Å²) in [5.74, 6) is 0.219. The van der Waals surface area contributed by atoms with Crippen LogP contribution in [-0.4, -0.2) is 46.3 Å². The number of amides is 2. The van der Waals surface area contributed by atoms with Crippen LogP contribution >= 0.6 is 11.3 Å². The van der Waals surface area contributed by atoms with E-state index in [0.717, 1.165) is 28.1 Å². The minimum absolute atomic E-state index is 0.0658. The summed E-state index contributed by atoms with van der Waals surface area (Å²) in [6, 6.07) is 18.8. The topological polar surface area (TPSA) is 74.8 Å². The Morgan fingerprint density at radius 1 is 0.780 bits per heavy atom. The Balaban J connectivity index is 1.03. The summed E-state index contributed by atoms with van der Waals surface area (Å²) in [5, 5.41) is 0. The minimum atomic E-state index is -0.450. The third kappa shape index (κ3) is 2.60. The maximum atomic E-state index is 13.9. The summed E-state index contributed by atoms with van der Waals surface area (Å²) in [7, 11) is 0. The van der Waals surface area contributed by atoms with E-state index in [-0.39, 0.29) is 40.6 Å². The van der Waals surface area contributed by atoms with Crippen LogP contribution in [0.25, 0.3) is 0 Å². The number of benzene rings is 2. The zero-order valence-corrected chi connectivity index (χ0v) is 23.0. The van der Waals surface area contributed by atoms with E-state index in [1.807, 2.05) is 48.5 Å². The molecule has 4 aliphatic carbocycles. The molecule has 9 rings (SSSR count). The minimum Gasteiger partial charge on any atom is -0.310 e. The molecule has 6 nitrogen and oxygen atoms in total. The van der Waals surface area contributed by atoms with E-state index in [1.165, 1.54) is 11.3 Å². The zero-order valence-electron chi connectivity index (χ0n) is 22.2. The molecule has 2 aliphatic heterocycles. The molecule has 1 aromatic heterocycles. The van der Waals surface area contributed by atoms with Crippen LogP contribution in [0.1, 0.15) is 58.1 Å². The van der Waals surface area contributed by atoms with Gasteiger partial charge in [-0.15, -0.1) is 11.3 Å². The number of hydrogen-bond donors (Lipinski definition) is 0. The van der Waals surface area contributed by atoms with Crippen LogP contribution < -0.4 is 0 Å². The third-order valence-corrected chi connectivity index (χ3v) is 11.6. The van der Waals surface area contributed by atoms with Crippen LogP contribution in [0.15, 0.2) is 96.4 Å². The fraction of sp³-hybridized carbons (Fsp3) is 0.235. The zero-order chi connectivity index (χ0) is 27.8. The molecule has 2 amide bonds. The molecule has 6 aliphatic rings. The number of ketones is 2. The number of piperidine rings is 1.